The van der Waals surface area contributed by atoms with Crippen LogP contribution in [0.15, 0.2) is 35.9 Å². The predicted octanol–water partition coefficient (Wildman–Crippen LogP) is 2.89. The number of sulfonamides is 1. The molecule has 0 aliphatic heterocycles. The van der Waals surface area contributed by atoms with Gasteiger partial charge in [0, 0.05) is 29.2 Å². The van der Waals surface area contributed by atoms with Gasteiger partial charge in [-0.15, -0.1) is 0 Å². The van der Waals surface area contributed by atoms with E-state index >= 15 is 0 Å². The zero-order valence-corrected chi connectivity index (χ0v) is 15.4. The van der Waals surface area contributed by atoms with Crippen molar-refractivity contribution < 1.29 is 18.3 Å². The van der Waals surface area contributed by atoms with Crippen LogP contribution in [0.5, 0.6) is 0 Å². The van der Waals surface area contributed by atoms with Gasteiger partial charge in [0.1, 0.15) is 5.82 Å². The standard InChI is InChI=1S/C16H15ClN4O4S/c1-10-13(6-8-26(24,25)19-16(22)23)15(20(2)18-10)21-7-5-11-9-12(17)3-4-14(11)21/h3-9,19H,1-2H3,(H,22,23). The summed E-state index contributed by atoms with van der Waals surface area (Å²) in [4.78, 5) is 10.6. The number of nitrogens with one attached hydrogen (secondary N) is 1. The molecule has 0 unspecified atom stereocenters. The van der Waals surface area contributed by atoms with Crippen molar-refractivity contribution in [2.24, 2.45) is 7.05 Å². The lowest BCUT2D eigenvalue weighted by atomic mass is 10.2. The zero-order valence-electron chi connectivity index (χ0n) is 13.8. The highest BCUT2D eigenvalue weighted by atomic mass is 35.5. The first kappa shape index (κ1) is 18.0. The largest absolute Gasteiger partial charge is 0.464 e. The number of carbonyl (C=O) groups is 1. The number of rotatable bonds is 4. The van der Waals surface area contributed by atoms with E-state index in [1.54, 1.807) is 24.7 Å². The Bertz CT molecular complexity index is 1140. The maximum atomic E-state index is 11.8. The SMILES string of the molecule is Cc1nn(C)c(-n2ccc3cc(Cl)ccc32)c1C=CS(=O)(=O)NC(=O)O. The molecule has 136 valence electrons. The van der Waals surface area contributed by atoms with E-state index in [0.717, 1.165) is 16.3 Å². The number of carboxylic acid groups (broad SMARTS) is 1. The molecular formula is C16H15ClN4O4S. The molecule has 2 N–H and O–H groups in total. The van der Waals surface area contributed by atoms with Crippen LogP contribution in [0.2, 0.25) is 5.02 Å². The van der Waals surface area contributed by atoms with Gasteiger partial charge in [0.25, 0.3) is 10.0 Å². The van der Waals surface area contributed by atoms with Crippen LogP contribution < -0.4 is 4.72 Å². The summed E-state index contributed by atoms with van der Waals surface area (Å²) in [5, 5.41) is 15.3. The smallest absolute Gasteiger partial charge is 0.418 e. The Morgan fingerprint density at radius 1 is 1.35 bits per heavy atom. The monoisotopic (exact) mass is 394 g/mol. The minimum absolute atomic E-state index is 0.552. The van der Waals surface area contributed by atoms with E-state index in [1.807, 2.05) is 29.0 Å². The number of nitrogens with zero attached hydrogens (tertiary/aromatic N) is 3. The van der Waals surface area contributed by atoms with Crippen LogP contribution in [-0.4, -0.2) is 34.0 Å². The molecule has 1 amide bonds. The van der Waals surface area contributed by atoms with Crippen LogP contribution in [0.3, 0.4) is 0 Å². The van der Waals surface area contributed by atoms with E-state index in [-0.39, 0.29) is 0 Å². The average Bonchev–Trinajstić information content (AvgIpc) is 3.03. The number of halogens is 1. The number of amides is 1. The molecule has 0 aliphatic carbocycles. The van der Waals surface area contributed by atoms with Crippen molar-refractivity contribution >= 4 is 44.7 Å². The van der Waals surface area contributed by atoms with Gasteiger partial charge >= 0.3 is 6.09 Å². The lowest BCUT2D eigenvalue weighted by molar-refractivity contribution is 0.201. The van der Waals surface area contributed by atoms with Crippen molar-refractivity contribution in [3.05, 3.63) is 52.2 Å². The summed E-state index contributed by atoms with van der Waals surface area (Å²) < 4.78 is 28.5. The molecule has 0 bridgehead atoms. The summed E-state index contributed by atoms with van der Waals surface area (Å²) in [5.74, 6) is 0.640. The minimum Gasteiger partial charge on any atom is -0.464 e. The van der Waals surface area contributed by atoms with Gasteiger partial charge < -0.3 is 9.67 Å². The van der Waals surface area contributed by atoms with Gasteiger partial charge in [0.2, 0.25) is 0 Å². The molecule has 0 fully saturated rings. The zero-order chi connectivity index (χ0) is 19.1. The fraction of sp³-hybridized carbons (Fsp3) is 0.125. The summed E-state index contributed by atoms with van der Waals surface area (Å²) in [6.45, 7) is 1.74. The van der Waals surface area contributed by atoms with Crippen LogP contribution in [0, 0.1) is 6.92 Å². The molecule has 3 aromatic rings. The molecule has 10 heteroatoms. The first-order valence-corrected chi connectivity index (χ1v) is 9.35. The van der Waals surface area contributed by atoms with E-state index < -0.39 is 16.1 Å². The molecule has 3 rings (SSSR count). The molecule has 0 aliphatic rings. The lowest BCUT2D eigenvalue weighted by Gasteiger charge is -2.08. The van der Waals surface area contributed by atoms with Gasteiger partial charge in [-0.1, -0.05) is 11.6 Å². The number of aryl methyl sites for hydroxylation is 2. The van der Waals surface area contributed by atoms with Gasteiger partial charge in [-0.2, -0.15) is 5.10 Å². The Morgan fingerprint density at radius 3 is 2.77 bits per heavy atom. The summed E-state index contributed by atoms with van der Waals surface area (Å²) in [6.07, 6.45) is 1.51. The lowest BCUT2D eigenvalue weighted by Crippen LogP contribution is -2.26. The molecule has 0 radical (unpaired) electrons. The average molecular weight is 395 g/mol. The van der Waals surface area contributed by atoms with Crippen LogP contribution in [0.4, 0.5) is 4.79 Å². The van der Waals surface area contributed by atoms with Crippen molar-refractivity contribution in [2.45, 2.75) is 6.92 Å². The van der Waals surface area contributed by atoms with Crippen LogP contribution in [0.1, 0.15) is 11.3 Å². The molecule has 26 heavy (non-hydrogen) atoms. The van der Waals surface area contributed by atoms with Crippen molar-refractivity contribution in [3.63, 3.8) is 0 Å². The molecular weight excluding hydrogens is 380 g/mol. The number of hydrogen-bond acceptors (Lipinski definition) is 4. The van der Waals surface area contributed by atoms with Crippen molar-refractivity contribution in [1.82, 2.24) is 19.1 Å². The van der Waals surface area contributed by atoms with Gasteiger partial charge in [0.05, 0.1) is 16.6 Å². The van der Waals surface area contributed by atoms with E-state index in [9.17, 15) is 13.2 Å². The Morgan fingerprint density at radius 2 is 2.08 bits per heavy atom. The molecule has 0 saturated carbocycles. The van der Waals surface area contributed by atoms with E-state index in [0.29, 0.717) is 22.1 Å². The Labute approximate surface area is 154 Å². The molecule has 1 aromatic carbocycles. The van der Waals surface area contributed by atoms with Crippen LogP contribution in [0.25, 0.3) is 22.8 Å². The summed E-state index contributed by atoms with van der Waals surface area (Å²) in [6, 6.07) is 7.34. The normalized spacial score (nSPS) is 12.1. The maximum Gasteiger partial charge on any atom is 0.418 e. The van der Waals surface area contributed by atoms with Gasteiger partial charge in [-0.25, -0.2) is 17.9 Å². The predicted molar refractivity (Wildman–Crippen MR) is 98.9 cm³/mol. The summed E-state index contributed by atoms with van der Waals surface area (Å²) in [5.41, 5.74) is 2.02. The second kappa shape index (κ2) is 6.50. The van der Waals surface area contributed by atoms with Crippen molar-refractivity contribution in [2.75, 3.05) is 0 Å². The highest BCUT2D eigenvalue weighted by molar-refractivity contribution is 7.93. The van der Waals surface area contributed by atoms with E-state index in [2.05, 4.69) is 5.10 Å². The van der Waals surface area contributed by atoms with Crippen molar-refractivity contribution in [3.8, 4) is 5.82 Å². The first-order valence-electron chi connectivity index (χ1n) is 7.42. The number of fused-ring (bicyclic) bond motifs is 1. The minimum atomic E-state index is -4.11. The molecule has 2 aromatic heterocycles. The summed E-state index contributed by atoms with van der Waals surface area (Å²) >= 11 is 6.02. The molecule has 0 atom stereocenters. The number of hydrogen-bond donors (Lipinski definition) is 2. The molecule has 2 heterocycles. The molecule has 0 spiro atoms. The second-order valence-electron chi connectivity index (χ2n) is 5.59. The first-order chi connectivity index (χ1) is 12.2. The topological polar surface area (TPSA) is 106 Å². The Kier molecular flexibility index (Phi) is 4.51. The van der Waals surface area contributed by atoms with Gasteiger partial charge in [-0.3, -0.25) is 4.68 Å². The highest BCUT2D eigenvalue weighted by Gasteiger charge is 2.16. The quantitative estimate of drug-likeness (QED) is 0.707. The molecule has 8 nitrogen and oxygen atoms in total. The third-order valence-corrected chi connectivity index (χ3v) is 4.95. The number of aromatic nitrogens is 3. The maximum absolute atomic E-state index is 11.8. The van der Waals surface area contributed by atoms with E-state index in [1.165, 1.54) is 10.8 Å². The van der Waals surface area contributed by atoms with Crippen LogP contribution >= 0.6 is 11.6 Å². The van der Waals surface area contributed by atoms with Gasteiger partial charge in [0.15, 0.2) is 0 Å². The van der Waals surface area contributed by atoms with Gasteiger partial charge in [-0.05, 0) is 37.3 Å². The van der Waals surface area contributed by atoms with Crippen LogP contribution in [-0.2, 0) is 17.1 Å². The highest BCUT2D eigenvalue weighted by Crippen LogP contribution is 2.27. The molecule has 0 saturated heterocycles. The second-order valence-corrected chi connectivity index (χ2v) is 7.59. The Hall–Kier alpha value is -2.78. The third kappa shape index (κ3) is 3.44. The van der Waals surface area contributed by atoms with E-state index in [4.69, 9.17) is 16.7 Å². The summed E-state index contributed by atoms with van der Waals surface area (Å²) in [7, 11) is -2.37. The fourth-order valence-corrected chi connectivity index (χ4v) is 3.56. The fourth-order valence-electron chi connectivity index (χ4n) is 2.75. The Balaban J connectivity index is 2.13. The van der Waals surface area contributed by atoms with Crippen molar-refractivity contribution in [1.29, 1.82) is 0 Å². The number of benzene rings is 1. The third-order valence-electron chi connectivity index (χ3n) is 3.76.